The number of carbonyl (C=O) groups excluding carboxylic acids is 6. The van der Waals surface area contributed by atoms with Gasteiger partial charge in [0.25, 0.3) is 17.3 Å². The standard InChI is InChI=1S/C41H61N13O12/c1-6-23(4)34(51-32(55)21-47-36(57)26-12-7-8-13-27(26)42)39(60)52-33(22(2)3)38(59)49-29(15-11-19-46-41(43)44)37(58)48-24(5)35(56)50-30(40(61)62)14-9-10-18-45-28-17-16-25(53(63)64)20-31(28)54(65)66/h7-8,12-13,16-17,20,22-24,29-30,33-34,45H,6,9-11,14-15,18-19,21,42H2,1-5H3,(H,47,57)(H,48,58)(H,49,59)(H,50,56)(H,51,55)(H,52,60)(H,61,62)(H4,43,44,46)/t23-,24-,29-,30-,33+,34-/m0/s1. The van der Waals surface area contributed by atoms with Crippen LogP contribution in [0, 0.1) is 32.1 Å². The molecule has 0 saturated heterocycles. The molecule has 0 saturated carbocycles. The van der Waals surface area contributed by atoms with Crippen LogP contribution in [-0.2, 0) is 28.8 Å². The number of carbonyl (C=O) groups is 7. The van der Waals surface area contributed by atoms with Crippen molar-refractivity contribution in [1.29, 1.82) is 0 Å². The maximum atomic E-state index is 13.8. The van der Waals surface area contributed by atoms with Gasteiger partial charge in [-0.25, -0.2) is 4.79 Å². The Morgan fingerprint density at radius 2 is 1.39 bits per heavy atom. The summed E-state index contributed by atoms with van der Waals surface area (Å²) in [5.74, 6) is -7.01. The van der Waals surface area contributed by atoms with E-state index in [1.165, 1.54) is 25.1 Å². The highest BCUT2D eigenvalue weighted by Gasteiger charge is 2.34. The molecular formula is C41H61N13O12. The summed E-state index contributed by atoms with van der Waals surface area (Å²) in [7, 11) is 0. The van der Waals surface area contributed by atoms with E-state index in [-0.39, 0.29) is 68.1 Å². The highest BCUT2D eigenvalue weighted by molar-refractivity contribution is 6.01. The number of unbranched alkanes of at least 4 members (excludes halogenated alkanes) is 1. The third kappa shape index (κ3) is 17.9. The lowest BCUT2D eigenvalue weighted by atomic mass is 9.96. The van der Waals surface area contributed by atoms with Gasteiger partial charge in [-0.1, -0.05) is 46.2 Å². The molecule has 2 rings (SSSR count). The van der Waals surface area contributed by atoms with E-state index in [2.05, 4.69) is 42.2 Å². The number of nitrogens with one attached hydrogen (secondary N) is 7. The number of guanidine groups is 1. The first-order chi connectivity index (χ1) is 31.1. The van der Waals surface area contributed by atoms with Gasteiger partial charge in [0, 0.05) is 24.8 Å². The van der Waals surface area contributed by atoms with Crippen molar-refractivity contribution < 1.29 is 48.5 Å². The molecule has 0 heterocycles. The fourth-order valence-electron chi connectivity index (χ4n) is 6.26. The Morgan fingerprint density at radius 1 is 0.758 bits per heavy atom. The van der Waals surface area contributed by atoms with E-state index in [9.17, 15) is 58.9 Å². The van der Waals surface area contributed by atoms with Crippen LogP contribution in [-0.4, -0.2) is 112 Å². The van der Waals surface area contributed by atoms with Crippen LogP contribution in [0.25, 0.3) is 0 Å². The molecule has 0 aliphatic carbocycles. The van der Waals surface area contributed by atoms with Crippen molar-refractivity contribution >= 4 is 70.1 Å². The Balaban J connectivity index is 2.10. The Labute approximate surface area is 380 Å². The number of nitrogens with two attached hydrogens (primary N) is 3. The number of non-ortho nitro benzene ring substituents is 1. The van der Waals surface area contributed by atoms with E-state index in [1.54, 1.807) is 39.8 Å². The summed E-state index contributed by atoms with van der Waals surface area (Å²) in [6.45, 7) is 7.82. The summed E-state index contributed by atoms with van der Waals surface area (Å²) >= 11 is 0. The Morgan fingerprint density at radius 3 is 1.98 bits per heavy atom. The van der Waals surface area contributed by atoms with Crippen LogP contribution in [0.5, 0.6) is 0 Å². The third-order valence-electron chi connectivity index (χ3n) is 10.2. The molecule has 0 aliphatic heterocycles. The highest BCUT2D eigenvalue weighted by atomic mass is 16.6. The lowest BCUT2D eigenvalue weighted by Gasteiger charge is -2.29. The van der Waals surface area contributed by atoms with E-state index in [0.717, 1.165) is 12.1 Å². The molecule has 6 amide bonds. The fourth-order valence-corrected chi connectivity index (χ4v) is 6.26. The van der Waals surface area contributed by atoms with Crippen LogP contribution in [0.4, 0.5) is 22.7 Å². The fraction of sp³-hybridized carbons (Fsp3) is 0.512. The zero-order valence-electron chi connectivity index (χ0n) is 37.5. The number of nitro groups is 2. The minimum absolute atomic E-state index is 0.0282. The van der Waals surface area contributed by atoms with Gasteiger partial charge in [0.15, 0.2) is 5.96 Å². The van der Waals surface area contributed by atoms with Gasteiger partial charge < -0.3 is 59.5 Å². The highest BCUT2D eigenvalue weighted by Crippen LogP contribution is 2.29. The van der Waals surface area contributed by atoms with Crippen LogP contribution in [0.15, 0.2) is 47.5 Å². The molecule has 0 spiro atoms. The zero-order valence-corrected chi connectivity index (χ0v) is 37.5. The number of amides is 6. The van der Waals surface area contributed by atoms with Crippen molar-refractivity contribution in [2.24, 2.45) is 28.3 Å². The number of carboxylic acids is 1. The molecule has 0 radical (unpaired) electrons. The number of nitrogen functional groups attached to an aromatic ring is 1. The molecule has 6 atom stereocenters. The third-order valence-corrected chi connectivity index (χ3v) is 10.2. The topological polar surface area (TPSA) is 401 Å². The second-order valence-corrected chi connectivity index (χ2v) is 15.7. The molecule has 2 aromatic carbocycles. The van der Waals surface area contributed by atoms with E-state index in [4.69, 9.17) is 17.2 Å². The van der Waals surface area contributed by atoms with E-state index < -0.39 is 111 Å². The van der Waals surface area contributed by atoms with Crippen molar-refractivity contribution in [3.05, 3.63) is 68.3 Å². The minimum atomic E-state index is -1.40. The van der Waals surface area contributed by atoms with E-state index >= 15 is 0 Å². The number of nitro benzene ring substituents is 2. The van der Waals surface area contributed by atoms with Crippen molar-refractivity contribution in [2.75, 3.05) is 30.7 Å². The van der Waals surface area contributed by atoms with Crippen LogP contribution >= 0.6 is 0 Å². The molecule has 66 heavy (non-hydrogen) atoms. The second-order valence-electron chi connectivity index (χ2n) is 15.7. The quantitative estimate of drug-likeness (QED) is 0.0137. The minimum Gasteiger partial charge on any atom is -0.480 e. The first-order valence-corrected chi connectivity index (χ1v) is 21.2. The number of carboxylic acid groups (broad SMARTS) is 1. The maximum absolute atomic E-state index is 13.8. The number of hydrogen-bond acceptors (Lipinski definition) is 14. The summed E-state index contributed by atoms with van der Waals surface area (Å²) < 4.78 is 0. The number of rotatable bonds is 28. The Bertz CT molecular complexity index is 2100. The first-order valence-electron chi connectivity index (χ1n) is 21.2. The summed E-state index contributed by atoms with van der Waals surface area (Å²) in [5.41, 5.74) is 16.1. The smallest absolute Gasteiger partial charge is 0.326 e. The number of para-hydroxylation sites is 1. The van der Waals surface area contributed by atoms with Crippen LogP contribution in [0.2, 0.25) is 0 Å². The maximum Gasteiger partial charge on any atom is 0.326 e. The predicted octanol–water partition coefficient (Wildman–Crippen LogP) is 0.382. The molecule has 25 nitrogen and oxygen atoms in total. The molecule has 2 aromatic rings. The first kappa shape index (κ1) is 54.5. The lowest BCUT2D eigenvalue weighted by Crippen LogP contribution is -2.60. The second kappa shape index (κ2) is 26.9. The molecule has 0 aromatic heterocycles. The van der Waals surface area contributed by atoms with Crippen LogP contribution < -0.4 is 54.4 Å². The average Bonchev–Trinajstić information content (AvgIpc) is 3.26. The van der Waals surface area contributed by atoms with Gasteiger partial charge in [-0.05, 0) is 69.1 Å². The monoisotopic (exact) mass is 927 g/mol. The normalized spacial score (nSPS) is 13.5. The van der Waals surface area contributed by atoms with Crippen LogP contribution in [0.1, 0.15) is 83.5 Å². The van der Waals surface area contributed by atoms with Gasteiger partial charge in [-0.3, -0.25) is 54.0 Å². The van der Waals surface area contributed by atoms with E-state index in [0.29, 0.717) is 6.42 Å². The molecule has 0 aliphatic rings. The molecule has 0 unspecified atom stereocenters. The van der Waals surface area contributed by atoms with Crippen LogP contribution in [0.3, 0.4) is 0 Å². The van der Waals surface area contributed by atoms with Gasteiger partial charge >= 0.3 is 5.97 Å². The molecule has 362 valence electrons. The SMILES string of the molecule is CC[C@H](C)[C@H](NC(=O)CNC(=O)c1ccccc1N)C(=O)N[C@@H](C(=O)N[C@@H](CCCN=C(N)N)C(=O)N[C@@H](C)C(=O)N[C@@H](CCCCNc1ccc([N+](=O)[O-])cc1[N+](=O)[O-])C(=O)O)C(C)C. The van der Waals surface area contributed by atoms with E-state index in [1.807, 2.05) is 0 Å². The van der Waals surface area contributed by atoms with Crippen molar-refractivity contribution in [3.8, 4) is 0 Å². The van der Waals surface area contributed by atoms with Crippen molar-refractivity contribution in [1.82, 2.24) is 31.9 Å². The molecule has 14 N–H and O–H groups in total. The predicted molar refractivity (Wildman–Crippen MR) is 242 cm³/mol. The number of aliphatic imine (C=N–C) groups is 1. The number of anilines is 2. The summed E-state index contributed by atoms with van der Waals surface area (Å²) in [4.78, 5) is 117. The van der Waals surface area contributed by atoms with Gasteiger partial charge in [0.05, 0.1) is 28.0 Å². The number of benzene rings is 2. The van der Waals surface area contributed by atoms with Gasteiger partial charge in [0.2, 0.25) is 29.5 Å². The Hall–Kier alpha value is -7.60. The Kier molecular flexibility index (Phi) is 22.2. The molecule has 25 heteroatoms. The van der Waals surface area contributed by atoms with Crippen molar-refractivity contribution in [3.63, 3.8) is 0 Å². The lowest BCUT2D eigenvalue weighted by molar-refractivity contribution is -0.393. The summed E-state index contributed by atoms with van der Waals surface area (Å²) in [6.07, 6.45) is 1.02. The summed E-state index contributed by atoms with van der Waals surface area (Å²) in [5, 5.41) is 50.3. The van der Waals surface area contributed by atoms with Gasteiger partial charge in [-0.15, -0.1) is 0 Å². The average molecular weight is 928 g/mol. The largest absolute Gasteiger partial charge is 0.480 e. The van der Waals surface area contributed by atoms with Crippen molar-refractivity contribution in [2.45, 2.75) is 103 Å². The zero-order chi connectivity index (χ0) is 49.7. The number of nitrogens with zero attached hydrogens (tertiary/aromatic N) is 3. The number of aliphatic carboxylic acids is 1. The molecular weight excluding hydrogens is 867 g/mol. The number of hydrogen-bond donors (Lipinski definition) is 11. The van der Waals surface area contributed by atoms with Gasteiger partial charge in [0.1, 0.15) is 35.9 Å². The van der Waals surface area contributed by atoms with Gasteiger partial charge in [-0.2, -0.15) is 0 Å². The molecule has 0 fully saturated rings. The molecule has 0 bridgehead atoms. The summed E-state index contributed by atoms with van der Waals surface area (Å²) in [6, 6.07) is 3.01.